The van der Waals surface area contributed by atoms with Crippen LogP contribution in [-0.4, -0.2) is 31.8 Å². The van der Waals surface area contributed by atoms with Crippen LogP contribution in [0.15, 0.2) is 24.5 Å². The molecule has 4 nitrogen and oxygen atoms in total. The molecule has 0 bridgehead atoms. The van der Waals surface area contributed by atoms with Gasteiger partial charge < -0.3 is 4.57 Å². The van der Waals surface area contributed by atoms with Gasteiger partial charge in [-0.2, -0.15) is 16.9 Å². The van der Waals surface area contributed by atoms with E-state index in [9.17, 15) is 0 Å². The summed E-state index contributed by atoms with van der Waals surface area (Å²) in [6.45, 7) is 0.903. The maximum atomic E-state index is 5.27. The van der Waals surface area contributed by atoms with E-state index in [1.165, 1.54) is 12.2 Å². The SMILES string of the molecule is CSCCCCn1c(-c2cccnc2)n[nH]c1=S. The average Bonchev–Trinajstić information content (AvgIpc) is 2.77. The highest BCUT2D eigenvalue weighted by molar-refractivity contribution is 7.98. The van der Waals surface area contributed by atoms with Crippen molar-refractivity contribution in [3.05, 3.63) is 29.3 Å². The minimum atomic E-state index is 0.679. The fourth-order valence-corrected chi connectivity index (χ4v) is 2.47. The first-order chi connectivity index (χ1) is 8.83. The van der Waals surface area contributed by atoms with Gasteiger partial charge in [0.05, 0.1) is 0 Å². The van der Waals surface area contributed by atoms with Gasteiger partial charge in [0.1, 0.15) is 0 Å². The van der Waals surface area contributed by atoms with Crippen LogP contribution >= 0.6 is 24.0 Å². The molecule has 0 saturated heterocycles. The summed E-state index contributed by atoms with van der Waals surface area (Å²) in [5.74, 6) is 2.06. The second-order valence-electron chi connectivity index (χ2n) is 3.95. The zero-order valence-electron chi connectivity index (χ0n) is 10.3. The summed E-state index contributed by atoms with van der Waals surface area (Å²) in [5.41, 5.74) is 0.995. The Morgan fingerprint density at radius 2 is 2.33 bits per heavy atom. The molecule has 2 aromatic rings. The second kappa shape index (κ2) is 6.70. The van der Waals surface area contributed by atoms with Crippen molar-refractivity contribution in [3.8, 4) is 11.4 Å². The van der Waals surface area contributed by atoms with Crippen molar-refractivity contribution in [3.63, 3.8) is 0 Å². The van der Waals surface area contributed by atoms with Gasteiger partial charge in [-0.05, 0) is 49.2 Å². The predicted molar refractivity (Wildman–Crippen MR) is 78.3 cm³/mol. The Morgan fingerprint density at radius 1 is 1.44 bits per heavy atom. The summed E-state index contributed by atoms with van der Waals surface area (Å²) in [4.78, 5) is 4.12. The molecule has 1 N–H and O–H groups in total. The first-order valence-electron chi connectivity index (χ1n) is 5.87. The van der Waals surface area contributed by atoms with Gasteiger partial charge in [-0.1, -0.05) is 0 Å². The standard InChI is InChI=1S/C12H16N4S2/c1-18-8-3-2-7-16-11(14-15-12(16)17)10-5-4-6-13-9-10/h4-6,9H,2-3,7-8H2,1H3,(H,15,17). The van der Waals surface area contributed by atoms with Crippen molar-refractivity contribution in [2.75, 3.05) is 12.0 Å². The lowest BCUT2D eigenvalue weighted by molar-refractivity contribution is 0.632. The number of aromatic nitrogens is 4. The van der Waals surface area contributed by atoms with Gasteiger partial charge >= 0.3 is 0 Å². The van der Waals surface area contributed by atoms with E-state index in [4.69, 9.17) is 12.2 Å². The molecule has 0 aliphatic carbocycles. The highest BCUT2D eigenvalue weighted by atomic mass is 32.2. The monoisotopic (exact) mass is 280 g/mol. The number of unbranched alkanes of at least 4 members (excludes halogenated alkanes) is 1. The molecule has 2 heterocycles. The van der Waals surface area contributed by atoms with Gasteiger partial charge in [-0.15, -0.1) is 0 Å². The zero-order valence-corrected chi connectivity index (χ0v) is 11.9. The molecule has 0 aliphatic heterocycles. The highest BCUT2D eigenvalue weighted by Crippen LogP contribution is 2.16. The summed E-state index contributed by atoms with van der Waals surface area (Å²) < 4.78 is 2.73. The first kappa shape index (κ1) is 13.3. The van der Waals surface area contributed by atoms with Crippen LogP contribution in [-0.2, 0) is 6.54 Å². The summed E-state index contributed by atoms with van der Waals surface area (Å²) in [6.07, 6.45) is 8.00. The molecule has 0 aromatic carbocycles. The van der Waals surface area contributed by atoms with Crippen LogP contribution in [0.25, 0.3) is 11.4 Å². The third-order valence-electron chi connectivity index (χ3n) is 2.66. The number of pyridine rings is 1. The first-order valence-corrected chi connectivity index (χ1v) is 7.67. The summed E-state index contributed by atoms with van der Waals surface area (Å²) in [7, 11) is 0. The number of aromatic amines is 1. The molecule has 2 rings (SSSR count). The molecule has 96 valence electrons. The minimum absolute atomic E-state index is 0.679. The van der Waals surface area contributed by atoms with Crippen molar-refractivity contribution in [1.29, 1.82) is 0 Å². The number of nitrogens with one attached hydrogen (secondary N) is 1. The number of thioether (sulfide) groups is 1. The van der Waals surface area contributed by atoms with E-state index in [1.807, 2.05) is 34.7 Å². The van der Waals surface area contributed by atoms with Gasteiger partial charge in [0.15, 0.2) is 10.6 Å². The Kier molecular flexibility index (Phi) is 4.95. The summed E-state index contributed by atoms with van der Waals surface area (Å²) in [6, 6.07) is 3.90. The largest absolute Gasteiger partial charge is 0.300 e. The topological polar surface area (TPSA) is 46.5 Å². The van der Waals surface area contributed by atoms with Gasteiger partial charge in [0.25, 0.3) is 0 Å². The van der Waals surface area contributed by atoms with Crippen molar-refractivity contribution in [2.24, 2.45) is 0 Å². The molecule has 0 fully saturated rings. The molecule has 6 heteroatoms. The Balaban J connectivity index is 2.15. The van der Waals surface area contributed by atoms with Crippen LogP contribution in [0, 0.1) is 4.77 Å². The van der Waals surface area contributed by atoms with E-state index in [0.717, 1.165) is 24.4 Å². The van der Waals surface area contributed by atoms with E-state index in [2.05, 4.69) is 21.4 Å². The van der Waals surface area contributed by atoms with Crippen LogP contribution in [0.3, 0.4) is 0 Å². The van der Waals surface area contributed by atoms with E-state index in [0.29, 0.717) is 4.77 Å². The molecule has 0 aliphatic rings. The zero-order chi connectivity index (χ0) is 12.8. The normalized spacial score (nSPS) is 10.7. The number of hydrogen-bond acceptors (Lipinski definition) is 4. The lowest BCUT2D eigenvalue weighted by atomic mass is 10.2. The molecule has 0 radical (unpaired) electrons. The Morgan fingerprint density at radius 3 is 3.06 bits per heavy atom. The van der Waals surface area contributed by atoms with Gasteiger partial charge in [-0.3, -0.25) is 10.1 Å². The van der Waals surface area contributed by atoms with Gasteiger partial charge in [-0.25, -0.2) is 0 Å². The van der Waals surface area contributed by atoms with E-state index >= 15 is 0 Å². The van der Waals surface area contributed by atoms with Gasteiger partial charge in [0, 0.05) is 24.5 Å². The molecule has 2 aromatic heterocycles. The highest BCUT2D eigenvalue weighted by Gasteiger charge is 2.08. The van der Waals surface area contributed by atoms with Crippen LogP contribution < -0.4 is 0 Å². The fraction of sp³-hybridized carbons (Fsp3) is 0.417. The van der Waals surface area contributed by atoms with Crippen LogP contribution in [0.1, 0.15) is 12.8 Å². The maximum Gasteiger partial charge on any atom is 0.195 e. The van der Waals surface area contributed by atoms with Crippen molar-refractivity contribution in [1.82, 2.24) is 19.7 Å². The Bertz CT molecular complexity index is 533. The van der Waals surface area contributed by atoms with Crippen molar-refractivity contribution >= 4 is 24.0 Å². The third-order valence-corrected chi connectivity index (χ3v) is 3.67. The van der Waals surface area contributed by atoms with Gasteiger partial charge in [0.2, 0.25) is 0 Å². The number of rotatable bonds is 6. The van der Waals surface area contributed by atoms with Crippen molar-refractivity contribution in [2.45, 2.75) is 19.4 Å². The van der Waals surface area contributed by atoms with E-state index in [1.54, 1.807) is 6.20 Å². The fourth-order valence-electron chi connectivity index (χ4n) is 1.76. The van der Waals surface area contributed by atoms with Crippen LogP contribution in [0.4, 0.5) is 0 Å². The predicted octanol–water partition coefficient (Wildman–Crippen LogP) is 3.15. The van der Waals surface area contributed by atoms with Crippen molar-refractivity contribution < 1.29 is 0 Å². The third kappa shape index (κ3) is 3.20. The second-order valence-corrected chi connectivity index (χ2v) is 5.32. The molecule has 0 atom stereocenters. The molecule has 0 saturated carbocycles. The average molecular weight is 280 g/mol. The smallest absolute Gasteiger partial charge is 0.195 e. The number of nitrogens with zero attached hydrogens (tertiary/aromatic N) is 3. The number of hydrogen-bond donors (Lipinski definition) is 1. The molecule has 18 heavy (non-hydrogen) atoms. The molecular weight excluding hydrogens is 264 g/mol. The van der Waals surface area contributed by atoms with Crippen LogP contribution in [0.2, 0.25) is 0 Å². The minimum Gasteiger partial charge on any atom is -0.300 e. The molecule has 0 spiro atoms. The lowest BCUT2D eigenvalue weighted by Crippen LogP contribution is -2.01. The molecule has 0 unspecified atom stereocenters. The maximum absolute atomic E-state index is 5.27. The van der Waals surface area contributed by atoms with E-state index < -0.39 is 0 Å². The molecular formula is C12H16N4S2. The summed E-state index contributed by atoms with van der Waals surface area (Å²) >= 11 is 7.14. The Hall–Kier alpha value is -1.14. The summed E-state index contributed by atoms with van der Waals surface area (Å²) in [5, 5.41) is 7.14. The van der Waals surface area contributed by atoms with Crippen LogP contribution in [0.5, 0.6) is 0 Å². The Labute approximate surface area is 116 Å². The van der Waals surface area contributed by atoms with E-state index in [-0.39, 0.29) is 0 Å². The number of H-pyrrole nitrogens is 1. The lowest BCUT2D eigenvalue weighted by Gasteiger charge is -2.06. The quantitative estimate of drug-likeness (QED) is 0.652. The molecule has 0 amide bonds.